The van der Waals surface area contributed by atoms with Gasteiger partial charge >= 0.3 is 0 Å². The first-order valence-electron chi connectivity index (χ1n) is 8.99. The highest BCUT2D eigenvalue weighted by atomic mass is 32.2. The first-order chi connectivity index (χ1) is 13.4. The van der Waals surface area contributed by atoms with Crippen LogP contribution in [0.4, 0.5) is 0 Å². The molecule has 28 heavy (non-hydrogen) atoms. The zero-order chi connectivity index (χ0) is 20.1. The summed E-state index contributed by atoms with van der Waals surface area (Å²) in [5.74, 6) is 0.270. The maximum absolute atomic E-state index is 13.4. The Morgan fingerprint density at radius 1 is 1.11 bits per heavy atom. The highest BCUT2D eigenvalue weighted by Gasteiger charge is 2.32. The number of amides is 1. The van der Waals surface area contributed by atoms with Gasteiger partial charge in [-0.25, -0.2) is 8.42 Å². The van der Waals surface area contributed by atoms with Crippen molar-refractivity contribution in [3.63, 3.8) is 0 Å². The molecular formula is C20H24N2O5S. The predicted octanol–water partition coefficient (Wildman–Crippen LogP) is 2.17. The standard InChI is InChI=1S/C20H24N2O5S/c1-26-17-10-11-18(27-2)19(12-17)28(24,25)22(13-15-6-4-3-5-7-15)14-20(23)21-16-8-9-16/h3-7,10-12,16H,8-9,13-14H2,1-2H3,(H,21,23). The third-order valence-electron chi connectivity index (χ3n) is 4.45. The van der Waals surface area contributed by atoms with Crippen molar-refractivity contribution in [3.05, 3.63) is 54.1 Å². The highest BCUT2D eigenvalue weighted by molar-refractivity contribution is 7.89. The van der Waals surface area contributed by atoms with Crippen molar-refractivity contribution < 1.29 is 22.7 Å². The Morgan fingerprint density at radius 3 is 2.43 bits per heavy atom. The molecule has 3 rings (SSSR count). The lowest BCUT2D eigenvalue weighted by atomic mass is 10.2. The first kappa shape index (κ1) is 20.2. The number of hydrogen-bond acceptors (Lipinski definition) is 5. The molecule has 0 bridgehead atoms. The maximum atomic E-state index is 13.4. The number of rotatable bonds is 9. The quantitative estimate of drug-likeness (QED) is 0.692. The second kappa shape index (κ2) is 8.62. The van der Waals surface area contributed by atoms with E-state index in [4.69, 9.17) is 9.47 Å². The average molecular weight is 404 g/mol. The minimum absolute atomic E-state index is 0.0375. The van der Waals surface area contributed by atoms with Crippen LogP contribution in [0.25, 0.3) is 0 Å². The van der Waals surface area contributed by atoms with E-state index in [1.165, 1.54) is 26.4 Å². The number of sulfonamides is 1. The van der Waals surface area contributed by atoms with Crippen molar-refractivity contribution in [1.29, 1.82) is 0 Å². The molecule has 1 aliphatic rings. The van der Waals surface area contributed by atoms with E-state index in [0.717, 1.165) is 22.7 Å². The monoisotopic (exact) mass is 404 g/mol. The number of carbonyl (C=O) groups excluding carboxylic acids is 1. The van der Waals surface area contributed by atoms with Gasteiger partial charge < -0.3 is 14.8 Å². The van der Waals surface area contributed by atoms with Crippen LogP contribution in [0.5, 0.6) is 11.5 Å². The summed E-state index contributed by atoms with van der Waals surface area (Å²) in [6.45, 7) is -0.199. The molecule has 0 atom stereocenters. The van der Waals surface area contributed by atoms with Gasteiger partial charge in [-0.2, -0.15) is 4.31 Å². The molecule has 1 amide bonds. The van der Waals surface area contributed by atoms with E-state index in [1.807, 2.05) is 30.3 Å². The van der Waals surface area contributed by atoms with Gasteiger partial charge in [0.2, 0.25) is 15.9 Å². The van der Waals surface area contributed by atoms with Gasteiger partial charge in [-0.15, -0.1) is 0 Å². The van der Waals surface area contributed by atoms with Crippen molar-refractivity contribution in [2.45, 2.75) is 30.3 Å². The van der Waals surface area contributed by atoms with Crippen molar-refractivity contribution in [2.24, 2.45) is 0 Å². The molecule has 150 valence electrons. The topological polar surface area (TPSA) is 84.9 Å². The van der Waals surface area contributed by atoms with Crippen LogP contribution < -0.4 is 14.8 Å². The number of carbonyl (C=O) groups is 1. The van der Waals surface area contributed by atoms with Gasteiger partial charge in [0.25, 0.3) is 0 Å². The third kappa shape index (κ3) is 4.82. The van der Waals surface area contributed by atoms with Gasteiger partial charge in [-0.3, -0.25) is 4.79 Å². The fourth-order valence-corrected chi connectivity index (χ4v) is 4.35. The lowest BCUT2D eigenvalue weighted by Crippen LogP contribution is -2.41. The van der Waals surface area contributed by atoms with Crippen molar-refractivity contribution in [1.82, 2.24) is 9.62 Å². The normalized spacial score (nSPS) is 14.0. The minimum Gasteiger partial charge on any atom is -0.497 e. The number of methoxy groups -OCH3 is 2. The molecule has 0 aliphatic heterocycles. The fourth-order valence-electron chi connectivity index (χ4n) is 2.80. The summed E-state index contributed by atoms with van der Waals surface area (Å²) in [5, 5.41) is 2.84. The molecule has 1 fully saturated rings. The van der Waals surface area contributed by atoms with Gasteiger partial charge in [0, 0.05) is 18.7 Å². The Hall–Kier alpha value is -2.58. The van der Waals surface area contributed by atoms with E-state index in [2.05, 4.69) is 5.32 Å². The van der Waals surface area contributed by atoms with Crippen LogP contribution >= 0.6 is 0 Å². The summed E-state index contributed by atoms with van der Waals surface area (Å²) in [6, 6.07) is 13.9. The number of nitrogens with one attached hydrogen (secondary N) is 1. The van der Waals surface area contributed by atoms with Crippen LogP contribution in [-0.2, 0) is 21.4 Å². The molecule has 0 aromatic heterocycles. The van der Waals surface area contributed by atoms with Crippen LogP contribution in [0, 0.1) is 0 Å². The van der Waals surface area contributed by atoms with E-state index in [-0.39, 0.29) is 35.7 Å². The molecule has 7 nitrogen and oxygen atoms in total. The number of hydrogen-bond donors (Lipinski definition) is 1. The van der Waals surface area contributed by atoms with Gasteiger partial charge in [-0.1, -0.05) is 30.3 Å². The van der Waals surface area contributed by atoms with E-state index >= 15 is 0 Å². The summed E-state index contributed by atoms with van der Waals surface area (Å²) in [5.41, 5.74) is 0.784. The Labute approximate surface area is 165 Å². The Balaban J connectivity index is 1.95. The molecule has 0 radical (unpaired) electrons. The van der Waals surface area contributed by atoms with E-state index < -0.39 is 10.0 Å². The van der Waals surface area contributed by atoms with E-state index in [1.54, 1.807) is 6.07 Å². The number of nitrogens with zero attached hydrogens (tertiary/aromatic N) is 1. The molecule has 0 saturated heterocycles. The van der Waals surface area contributed by atoms with E-state index in [9.17, 15) is 13.2 Å². The predicted molar refractivity (Wildman–Crippen MR) is 105 cm³/mol. The lowest BCUT2D eigenvalue weighted by Gasteiger charge is -2.23. The lowest BCUT2D eigenvalue weighted by molar-refractivity contribution is -0.121. The molecule has 2 aromatic carbocycles. The maximum Gasteiger partial charge on any atom is 0.247 e. The summed E-state index contributed by atoms with van der Waals surface area (Å²) < 4.78 is 38.4. The second-order valence-corrected chi connectivity index (χ2v) is 8.52. The zero-order valence-corrected chi connectivity index (χ0v) is 16.7. The van der Waals surface area contributed by atoms with Crippen LogP contribution in [0.3, 0.4) is 0 Å². The molecule has 0 spiro atoms. The Morgan fingerprint density at radius 2 is 1.82 bits per heavy atom. The van der Waals surface area contributed by atoms with Gasteiger partial charge in [0.15, 0.2) is 0 Å². The average Bonchev–Trinajstić information content (AvgIpc) is 3.51. The van der Waals surface area contributed by atoms with E-state index in [0.29, 0.717) is 5.75 Å². The van der Waals surface area contributed by atoms with Crippen LogP contribution in [-0.4, -0.2) is 45.4 Å². The summed E-state index contributed by atoms with van der Waals surface area (Å²) >= 11 is 0. The molecule has 8 heteroatoms. The molecule has 1 aliphatic carbocycles. The van der Waals surface area contributed by atoms with Crippen LogP contribution in [0.1, 0.15) is 18.4 Å². The highest BCUT2D eigenvalue weighted by Crippen LogP contribution is 2.31. The van der Waals surface area contributed by atoms with Gasteiger partial charge in [0.1, 0.15) is 16.4 Å². The van der Waals surface area contributed by atoms with Crippen LogP contribution in [0.15, 0.2) is 53.4 Å². The fraction of sp³-hybridized carbons (Fsp3) is 0.350. The van der Waals surface area contributed by atoms with Gasteiger partial charge in [-0.05, 0) is 30.5 Å². The third-order valence-corrected chi connectivity index (χ3v) is 6.27. The smallest absolute Gasteiger partial charge is 0.247 e. The number of ether oxygens (including phenoxy) is 2. The number of benzene rings is 2. The largest absolute Gasteiger partial charge is 0.497 e. The Kier molecular flexibility index (Phi) is 6.21. The zero-order valence-electron chi connectivity index (χ0n) is 15.9. The molecule has 1 N–H and O–H groups in total. The van der Waals surface area contributed by atoms with Crippen LogP contribution in [0.2, 0.25) is 0 Å². The molecule has 2 aromatic rings. The molecule has 0 heterocycles. The Bertz CT molecular complexity index is 927. The van der Waals surface area contributed by atoms with Crippen molar-refractivity contribution in [3.8, 4) is 11.5 Å². The van der Waals surface area contributed by atoms with Gasteiger partial charge in [0.05, 0.1) is 20.8 Å². The van der Waals surface area contributed by atoms with Crippen molar-refractivity contribution >= 4 is 15.9 Å². The summed E-state index contributed by atoms with van der Waals surface area (Å²) in [6.07, 6.45) is 1.86. The summed E-state index contributed by atoms with van der Waals surface area (Å²) in [7, 11) is -1.15. The van der Waals surface area contributed by atoms with Crippen molar-refractivity contribution in [2.75, 3.05) is 20.8 Å². The second-order valence-electron chi connectivity index (χ2n) is 6.62. The molecule has 0 unspecified atom stereocenters. The summed E-state index contributed by atoms with van der Waals surface area (Å²) in [4.78, 5) is 12.3. The first-order valence-corrected chi connectivity index (χ1v) is 10.4. The minimum atomic E-state index is -4.02. The molecular weight excluding hydrogens is 380 g/mol. The SMILES string of the molecule is COc1ccc(OC)c(S(=O)(=O)N(CC(=O)NC2CC2)Cc2ccccc2)c1. The molecule has 1 saturated carbocycles.